The van der Waals surface area contributed by atoms with Gasteiger partial charge in [0.05, 0.1) is 0 Å². The molecule has 0 aliphatic heterocycles. The quantitative estimate of drug-likeness (QED) is 0.855. The molecular weight excluding hydrogens is 246 g/mol. The van der Waals surface area contributed by atoms with Crippen molar-refractivity contribution in [2.45, 2.75) is 6.04 Å². The van der Waals surface area contributed by atoms with Crippen LogP contribution in [0, 0.1) is 0 Å². The summed E-state index contributed by atoms with van der Waals surface area (Å²) < 4.78 is 1.27. The standard InChI is InChI=1S/C13H13N3O3/c1-14-12(17)10-7-8-16(15-10)11(13(18)19)9-5-3-2-4-6-9/h2-8,11H,1H3,(H,14,17)(H,18,19). The molecule has 0 fully saturated rings. The molecular formula is C13H13N3O3. The van der Waals surface area contributed by atoms with Gasteiger partial charge in [-0.2, -0.15) is 5.10 Å². The fraction of sp³-hybridized carbons (Fsp3) is 0.154. The molecule has 0 aliphatic rings. The number of nitrogens with zero attached hydrogens (tertiary/aromatic N) is 2. The van der Waals surface area contributed by atoms with E-state index in [1.807, 2.05) is 6.07 Å². The van der Waals surface area contributed by atoms with Crippen LogP contribution in [0.25, 0.3) is 0 Å². The van der Waals surface area contributed by atoms with E-state index in [4.69, 9.17) is 0 Å². The number of aliphatic carboxylic acids is 1. The predicted octanol–water partition coefficient (Wildman–Crippen LogP) is 0.917. The molecule has 1 aromatic heterocycles. The van der Waals surface area contributed by atoms with E-state index in [0.29, 0.717) is 5.56 Å². The van der Waals surface area contributed by atoms with Gasteiger partial charge in [0, 0.05) is 13.2 Å². The summed E-state index contributed by atoms with van der Waals surface area (Å²) in [6, 6.07) is 9.28. The molecule has 1 unspecified atom stereocenters. The summed E-state index contributed by atoms with van der Waals surface area (Å²) >= 11 is 0. The van der Waals surface area contributed by atoms with Gasteiger partial charge in [0.1, 0.15) is 5.69 Å². The highest BCUT2D eigenvalue weighted by Crippen LogP contribution is 2.18. The fourth-order valence-corrected chi connectivity index (χ4v) is 1.77. The van der Waals surface area contributed by atoms with Gasteiger partial charge in [-0.3, -0.25) is 9.48 Å². The lowest BCUT2D eigenvalue weighted by Gasteiger charge is -2.13. The summed E-state index contributed by atoms with van der Waals surface area (Å²) in [6.07, 6.45) is 1.48. The number of benzene rings is 1. The number of hydrogen-bond acceptors (Lipinski definition) is 3. The first-order valence-corrected chi connectivity index (χ1v) is 5.68. The van der Waals surface area contributed by atoms with Crippen LogP contribution < -0.4 is 5.32 Å². The largest absolute Gasteiger partial charge is 0.479 e. The van der Waals surface area contributed by atoms with Crippen LogP contribution in [0.4, 0.5) is 0 Å². The second-order valence-electron chi connectivity index (χ2n) is 3.91. The third-order valence-electron chi connectivity index (χ3n) is 2.68. The van der Waals surface area contributed by atoms with Crippen molar-refractivity contribution >= 4 is 11.9 Å². The van der Waals surface area contributed by atoms with Crippen LogP contribution in [0.3, 0.4) is 0 Å². The van der Waals surface area contributed by atoms with Gasteiger partial charge in [-0.15, -0.1) is 0 Å². The molecule has 2 rings (SSSR count). The zero-order valence-corrected chi connectivity index (χ0v) is 10.3. The van der Waals surface area contributed by atoms with E-state index in [2.05, 4.69) is 10.4 Å². The lowest BCUT2D eigenvalue weighted by molar-refractivity contribution is -0.139. The van der Waals surface area contributed by atoms with E-state index < -0.39 is 12.0 Å². The van der Waals surface area contributed by atoms with Crippen LogP contribution in [0.15, 0.2) is 42.6 Å². The van der Waals surface area contributed by atoms with Crippen molar-refractivity contribution in [1.29, 1.82) is 0 Å². The second-order valence-corrected chi connectivity index (χ2v) is 3.91. The van der Waals surface area contributed by atoms with E-state index >= 15 is 0 Å². The van der Waals surface area contributed by atoms with Crippen LogP contribution in [-0.2, 0) is 4.79 Å². The minimum atomic E-state index is -1.03. The minimum Gasteiger partial charge on any atom is -0.479 e. The number of carbonyl (C=O) groups excluding carboxylic acids is 1. The molecule has 2 N–H and O–H groups in total. The molecule has 1 atom stereocenters. The number of hydrogen-bond donors (Lipinski definition) is 2. The average Bonchev–Trinajstić information content (AvgIpc) is 2.88. The molecule has 1 amide bonds. The molecule has 6 nitrogen and oxygen atoms in total. The van der Waals surface area contributed by atoms with Crippen LogP contribution in [0.2, 0.25) is 0 Å². The van der Waals surface area contributed by atoms with Gasteiger partial charge in [-0.25, -0.2) is 4.79 Å². The maximum absolute atomic E-state index is 11.4. The summed E-state index contributed by atoms with van der Waals surface area (Å²) in [7, 11) is 1.49. The van der Waals surface area contributed by atoms with Gasteiger partial charge in [-0.05, 0) is 11.6 Å². The molecule has 0 aliphatic carbocycles. The minimum absolute atomic E-state index is 0.185. The van der Waals surface area contributed by atoms with E-state index in [1.165, 1.54) is 24.0 Å². The van der Waals surface area contributed by atoms with Gasteiger partial charge in [0.15, 0.2) is 6.04 Å². The molecule has 0 bridgehead atoms. The van der Waals surface area contributed by atoms with Crippen LogP contribution in [0.5, 0.6) is 0 Å². The van der Waals surface area contributed by atoms with Crippen LogP contribution in [-0.4, -0.2) is 33.8 Å². The molecule has 19 heavy (non-hydrogen) atoms. The summed E-state index contributed by atoms with van der Waals surface area (Å²) in [5.41, 5.74) is 0.784. The van der Waals surface area contributed by atoms with Crippen LogP contribution in [0.1, 0.15) is 22.1 Å². The van der Waals surface area contributed by atoms with Crippen molar-refractivity contribution in [2.24, 2.45) is 0 Å². The van der Waals surface area contributed by atoms with E-state index in [0.717, 1.165) is 0 Å². The number of amides is 1. The molecule has 6 heteroatoms. The lowest BCUT2D eigenvalue weighted by atomic mass is 10.1. The molecule has 1 aromatic carbocycles. The topological polar surface area (TPSA) is 84.2 Å². The van der Waals surface area contributed by atoms with Crippen molar-refractivity contribution in [1.82, 2.24) is 15.1 Å². The Hall–Kier alpha value is -2.63. The Kier molecular flexibility index (Phi) is 3.61. The first-order valence-electron chi connectivity index (χ1n) is 5.68. The van der Waals surface area contributed by atoms with Gasteiger partial charge in [0.2, 0.25) is 0 Å². The second kappa shape index (κ2) is 5.34. The Morgan fingerprint density at radius 2 is 1.95 bits per heavy atom. The summed E-state index contributed by atoms with van der Waals surface area (Å²) in [5.74, 6) is -1.38. The number of carboxylic acid groups (broad SMARTS) is 1. The molecule has 2 aromatic rings. The van der Waals surface area contributed by atoms with Crippen molar-refractivity contribution in [3.63, 3.8) is 0 Å². The predicted molar refractivity (Wildman–Crippen MR) is 67.8 cm³/mol. The zero-order chi connectivity index (χ0) is 13.8. The van der Waals surface area contributed by atoms with Crippen molar-refractivity contribution in [3.05, 3.63) is 53.9 Å². The number of carboxylic acids is 1. The van der Waals surface area contributed by atoms with Crippen LogP contribution >= 0.6 is 0 Å². The monoisotopic (exact) mass is 259 g/mol. The Bertz CT molecular complexity index is 592. The van der Waals surface area contributed by atoms with Gasteiger partial charge < -0.3 is 10.4 Å². The molecule has 0 radical (unpaired) electrons. The Balaban J connectivity index is 2.38. The number of nitrogens with one attached hydrogen (secondary N) is 1. The van der Waals surface area contributed by atoms with E-state index in [-0.39, 0.29) is 11.6 Å². The van der Waals surface area contributed by atoms with Gasteiger partial charge in [0.25, 0.3) is 5.91 Å². The number of rotatable bonds is 4. The zero-order valence-electron chi connectivity index (χ0n) is 10.3. The summed E-state index contributed by atoms with van der Waals surface area (Å²) in [4.78, 5) is 22.8. The van der Waals surface area contributed by atoms with Crippen molar-refractivity contribution in [2.75, 3.05) is 7.05 Å². The SMILES string of the molecule is CNC(=O)c1ccn(C(C(=O)O)c2ccccc2)n1. The number of aromatic nitrogens is 2. The molecule has 0 saturated heterocycles. The van der Waals surface area contributed by atoms with E-state index in [1.54, 1.807) is 24.3 Å². The lowest BCUT2D eigenvalue weighted by Crippen LogP contribution is -2.23. The number of carbonyl (C=O) groups is 2. The van der Waals surface area contributed by atoms with Crippen molar-refractivity contribution < 1.29 is 14.7 Å². The molecule has 0 spiro atoms. The van der Waals surface area contributed by atoms with E-state index in [9.17, 15) is 14.7 Å². The van der Waals surface area contributed by atoms with Gasteiger partial charge in [-0.1, -0.05) is 30.3 Å². The first kappa shape index (κ1) is 12.8. The third kappa shape index (κ3) is 2.62. The maximum Gasteiger partial charge on any atom is 0.333 e. The first-order chi connectivity index (χ1) is 9.13. The smallest absolute Gasteiger partial charge is 0.333 e. The van der Waals surface area contributed by atoms with Crippen molar-refractivity contribution in [3.8, 4) is 0 Å². The molecule has 98 valence electrons. The maximum atomic E-state index is 11.4. The highest BCUT2D eigenvalue weighted by atomic mass is 16.4. The molecule has 0 saturated carbocycles. The Labute approximate surface area is 109 Å². The molecule has 1 heterocycles. The van der Waals surface area contributed by atoms with Gasteiger partial charge >= 0.3 is 5.97 Å². The fourth-order valence-electron chi connectivity index (χ4n) is 1.77. The normalized spacial score (nSPS) is 11.8. The Morgan fingerprint density at radius 3 is 2.53 bits per heavy atom. The highest BCUT2D eigenvalue weighted by molar-refractivity contribution is 5.92. The highest BCUT2D eigenvalue weighted by Gasteiger charge is 2.23. The summed E-state index contributed by atoms with van der Waals surface area (Å²) in [6.45, 7) is 0. The Morgan fingerprint density at radius 1 is 1.26 bits per heavy atom. The summed E-state index contributed by atoms with van der Waals surface area (Å²) in [5, 5.41) is 15.8. The average molecular weight is 259 g/mol. The third-order valence-corrected chi connectivity index (χ3v) is 2.68.